The number of aryl methyl sites for hydroxylation is 1. The van der Waals surface area contributed by atoms with Crippen molar-refractivity contribution in [1.29, 1.82) is 0 Å². The molecule has 1 rings (SSSR count). The molecular formula is C7H12N4O2. The van der Waals surface area contributed by atoms with E-state index in [1.807, 2.05) is 0 Å². The third-order valence-corrected chi connectivity index (χ3v) is 1.67. The Kier molecular flexibility index (Phi) is 2.97. The Morgan fingerprint density at radius 1 is 1.69 bits per heavy atom. The van der Waals surface area contributed by atoms with E-state index in [9.17, 15) is 10.1 Å². The molecule has 0 aliphatic heterocycles. The minimum Gasteiger partial charge on any atom is -0.358 e. The van der Waals surface area contributed by atoms with Crippen molar-refractivity contribution in [2.45, 2.75) is 13.3 Å². The Hall–Kier alpha value is -1.43. The predicted octanol–water partition coefficient (Wildman–Crippen LogP) is 0.388. The molecule has 0 bridgehead atoms. The molecule has 0 aromatic carbocycles. The third kappa shape index (κ3) is 2.25. The summed E-state index contributed by atoms with van der Waals surface area (Å²) in [4.78, 5) is 16.7. The van der Waals surface area contributed by atoms with Gasteiger partial charge in [-0.05, 0) is 12.0 Å². The maximum absolute atomic E-state index is 10.5. The smallest absolute Gasteiger partial charge is 0.343 e. The number of H-pyrrole nitrogens is 1. The number of aromatic nitrogens is 2. The van der Waals surface area contributed by atoms with Gasteiger partial charge in [0.05, 0.1) is 0 Å². The molecule has 1 aromatic heterocycles. The van der Waals surface area contributed by atoms with E-state index in [2.05, 4.69) is 15.3 Å². The van der Waals surface area contributed by atoms with Crippen LogP contribution < -0.4 is 5.32 Å². The molecule has 0 radical (unpaired) electrons. The first-order valence-corrected chi connectivity index (χ1v) is 3.99. The highest BCUT2D eigenvalue weighted by atomic mass is 16.6. The summed E-state index contributed by atoms with van der Waals surface area (Å²) < 4.78 is 0. The largest absolute Gasteiger partial charge is 0.358 e. The number of rotatable bonds is 4. The number of likely N-dealkylation sites (N-methyl/N-ethyl adjacent to an activating group) is 1. The molecule has 0 spiro atoms. The second-order valence-electron chi connectivity index (χ2n) is 2.73. The van der Waals surface area contributed by atoms with Gasteiger partial charge < -0.3 is 15.4 Å². The van der Waals surface area contributed by atoms with Crippen LogP contribution in [0, 0.1) is 17.0 Å². The molecule has 1 heterocycles. The quantitative estimate of drug-likeness (QED) is 0.523. The van der Waals surface area contributed by atoms with Gasteiger partial charge in [-0.1, -0.05) is 0 Å². The topological polar surface area (TPSA) is 83.8 Å². The molecule has 0 fully saturated rings. The summed E-state index contributed by atoms with van der Waals surface area (Å²) >= 11 is 0. The van der Waals surface area contributed by atoms with Crippen LogP contribution in [0.5, 0.6) is 0 Å². The van der Waals surface area contributed by atoms with Crippen molar-refractivity contribution in [3.05, 3.63) is 21.6 Å². The maximum atomic E-state index is 10.5. The van der Waals surface area contributed by atoms with Gasteiger partial charge in [-0.2, -0.15) is 0 Å². The summed E-state index contributed by atoms with van der Waals surface area (Å²) in [6.07, 6.45) is 0.567. The fraction of sp³-hybridized carbons (Fsp3) is 0.571. The highest BCUT2D eigenvalue weighted by Gasteiger charge is 2.16. The molecule has 0 saturated carbocycles. The summed E-state index contributed by atoms with van der Waals surface area (Å²) in [6, 6.07) is 0. The molecule has 0 atom stereocenters. The van der Waals surface area contributed by atoms with Gasteiger partial charge in [-0.15, -0.1) is 0 Å². The molecule has 0 aliphatic carbocycles. The minimum absolute atomic E-state index is 0.00718. The Labute approximate surface area is 75.5 Å². The van der Waals surface area contributed by atoms with Crippen LogP contribution in [0.25, 0.3) is 0 Å². The van der Waals surface area contributed by atoms with Crippen LogP contribution >= 0.6 is 0 Å². The second kappa shape index (κ2) is 3.99. The van der Waals surface area contributed by atoms with Crippen molar-refractivity contribution >= 4 is 5.82 Å². The van der Waals surface area contributed by atoms with Crippen molar-refractivity contribution in [1.82, 2.24) is 15.3 Å². The van der Waals surface area contributed by atoms with Crippen LogP contribution in [0.2, 0.25) is 0 Å². The fourth-order valence-electron chi connectivity index (χ4n) is 1.10. The molecular weight excluding hydrogens is 172 g/mol. The molecule has 0 aliphatic rings. The van der Waals surface area contributed by atoms with Gasteiger partial charge in [-0.25, -0.2) is 9.97 Å². The summed E-state index contributed by atoms with van der Waals surface area (Å²) in [6.45, 7) is 2.39. The van der Waals surface area contributed by atoms with Crippen LogP contribution in [-0.4, -0.2) is 28.5 Å². The van der Waals surface area contributed by atoms with Crippen molar-refractivity contribution in [3.8, 4) is 0 Å². The van der Waals surface area contributed by atoms with Gasteiger partial charge in [0.25, 0.3) is 0 Å². The Bertz CT molecular complexity index is 307. The van der Waals surface area contributed by atoms with E-state index in [1.165, 1.54) is 0 Å². The molecule has 13 heavy (non-hydrogen) atoms. The lowest BCUT2D eigenvalue weighted by molar-refractivity contribution is -0.390. The van der Waals surface area contributed by atoms with Gasteiger partial charge in [0.15, 0.2) is 5.82 Å². The molecule has 6 nitrogen and oxygen atoms in total. The normalized spacial score (nSPS) is 10.3. The molecule has 0 unspecified atom stereocenters. The van der Waals surface area contributed by atoms with E-state index >= 15 is 0 Å². The first-order valence-electron chi connectivity index (χ1n) is 3.99. The van der Waals surface area contributed by atoms with E-state index < -0.39 is 4.92 Å². The lowest BCUT2D eigenvalue weighted by atomic mass is 10.3. The first-order chi connectivity index (χ1) is 6.15. The first kappa shape index (κ1) is 9.66. The van der Waals surface area contributed by atoms with Crippen LogP contribution in [0.3, 0.4) is 0 Å². The lowest BCUT2D eigenvalue weighted by Crippen LogP contribution is -2.11. The van der Waals surface area contributed by atoms with Crippen LogP contribution in [0.1, 0.15) is 11.5 Å². The Balaban J connectivity index is 2.84. The summed E-state index contributed by atoms with van der Waals surface area (Å²) in [7, 11) is 1.80. The van der Waals surface area contributed by atoms with Crippen molar-refractivity contribution in [2.75, 3.05) is 13.6 Å². The highest BCUT2D eigenvalue weighted by Crippen LogP contribution is 2.14. The van der Waals surface area contributed by atoms with Crippen molar-refractivity contribution < 1.29 is 4.92 Å². The zero-order chi connectivity index (χ0) is 9.84. The van der Waals surface area contributed by atoms with E-state index in [4.69, 9.17) is 0 Å². The van der Waals surface area contributed by atoms with Gasteiger partial charge in [-0.3, -0.25) is 0 Å². The SMILES string of the molecule is CNCCc1nc(C)[nH]c1[N+](=O)[O-]. The molecule has 0 amide bonds. The van der Waals surface area contributed by atoms with E-state index in [0.29, 0.717) is 24.5 Å². The van der Waals surface area contributed by atoms with Crippen molar-refractivity contribution in [3.63, 3.8) is 0 Å². The Morgan fingerprint density at radius 2 is 2.38 bits per heavy atom. The van der Waals surface area contributed by atoms with E-state index in [0.717, 1.165) is 0 Å². The van der Waals surface area contributed by atoms with E-state index in [-0.39, 0.29) is 5.82 Å². The number of nitrogens with zero attached hydrogens (tertiary/aromatic N) is 2. The summed E-state index contributed by atoms with van der Waals surface area (Å²) in [5.74, 6) is 0.588. The van der Waals surface area contributed by atoms with Gasteiger partial charge in [0.2, 0.25) is 0 Å². The zero-order valence-corrected chi connectivity index (χ0v) is 7.63. The molecule has 72 valence electrons. The average Bonchev–Trinajstić information content (AvgIpc) is 2.43. The minimum atomic E-state index is -0.439. The lowest BCUT2D eigenvalue weighted by Gasteiger charge is -1.95. The van der Waals surface area contributed by atoms with Gasteiger partial charge in [0.1, 0.15) is 5.69 Å². The van der Waals surface area contributed by atoms with Crippen LogP contribution in [-0.2, 0) is 6.42 Å². The van der Waals surface area contributed by atoms with E-state index in [1.54, 1.807) is 14.0 Å². The maximum Gasteiger partial charge on any atom is 0.343 e. The second-order valence-corrected chi connectivity index (χ2v) is 2.73. The monoisotopic (exact) mass is 184 g/mol. The molecule has 6 heteroatoms. The predicted molar refractivity (Wildman–Crippen MR) is 47.6 cm³/mol. The number of nitro groups is 1. The number of hydrogen-bond acceptors (Lipinski definition) is 4. The number of aromatic amines is 1. The number of imidazole rings is 1. The number of nitrogens with one attached hydrogen (secondary N) is 2. The zero-order valence-electron chi connectivity index (χ0n) is 7.63. The highest BCUT2D eigenvalue weighted by molar-refractivity contribution is 5.28. The van der Waals surface area contributed by atoms with Gasteiger partial charge in [0, 0.05) is 19.9 Å². The molecule has 1 aromatic rings. The molecule has 2 N–H and O–H groups in total. The van der Waals surface area contributed by atoms with Crippen LogP contribution in [0.4, 0.5) is 5.82 Å². The molecule has 0 saturated heterocycles. The third-order valence-electron chi connectivity index (χ3n) is 1.67. The fourth-order valence-corrected chi connectivity index (χ4v) is 1.10. The van der Waals surface area contributed by atoms with Gasteiger partial charge >= 0.3 is 5.82 Å². The van der Waals surface area contributed by atoms with Crippen LogP contribution in [0.15, 0.2) is 0 Å². The number of hydrogen-bond donors (Lipinski definition) is 2. The van der Waals surface area contributed by atoms with Crippen molar-refractivity contribution in [2.24, 2.45) is 0 Å². The summed E-state index contributed by atoms with van der Waals surface area (Å²) in [5.41, 5.74) is 0.511. The standard InChI is InChI=1S/C7H12N4O2/c1-5-9-6(3-4-8-2)7(10-5)11(12)13/h8H,3-4H2,1-2H3,(H,9,10). The average molecular weight is 184 g/mol. The Morgan fingerprint density at radius 3 is 2.92 bits per heavy atom. The summed E-state index contributed by atoms with van der Waals surface area (Å²) in [5, 5.41) is 13.4.